The van der Waals surface area contributed by atoms with E-state index in [1.165, 1.54) is 23.0 Å². The fourth-order valence-corrected chi connectivity index (χ4v) is 3.58. The lowest BCUT2D eigenvalue weighted by atomic mass is 10.1. The Morgan fingerprint density at radius 3 is 2.50 bits per heavy atom. The Hall–Kier alpha value is -3.29. The molecular formula is C22H20F3N3O2. The van der Waals surface area contributed by atoms with E-state index in [4.69, 9.17) is 4.74 Å². The highest BCUT2D eigenvalue weighted by molar-refractivity contribution is 5.95. The van der Waals surface area contributed by atoms with E-state index >= 15 is 0 Å². The first-order valence-corrected chi connectivity index (χ1v) is 9.64. The number of ether oxygens (including phenoxy) is 1. The van der Waals surface area contributed by atoms with Gasteiger partial charge in [0.1, 0.15) is 23.4 Å². The number of likely N-dealkylation sites (tertiary alicyclic amines) is 1. The van der Waals surface area contributed by atoms with Gasteiger partial charge in [-0.05, 0) is 31.2 Å². The highest BCUT2D eigenvalue weighted by atomic mass is 19.1. The molecule has 1 fully saturated rings. The van der Waals surface area contributed by atoms with Crippen LogP contribution in [0.4, 0.5) is 13.2 Å². The van der Waals surface area contributed by atoms with Gasteiger partial charge < -0.3 is 9.64 Å². The fraction of sp³-hybridized carbons (Fsp3) is 0.273. The molecule has 5 nitrogen and oxygen atoms in total. The van der Waals surface area contributed by atoms with Crippen molar-refractivity contribution in [3.05, 3.63) is 77.4 Å². The summed E-state index contributed by atoms with van der Waals surface area (Å²) in [4.78, 5) is 14.6. The molecule has 1 aliphatic rings. The number of rotatable bonds is 4. The molecule has 3 aromatic rings. The Bertz CT molecular complexity index is 1080. The van der Waals surface area contributed by atoms with E-state index in [0.29, 0.717) is 37.2 Å². The van der Waals surface area contributed by atoms with Crippen LogP contribution in [0.2, 0.25) is 0 Å². The molecule has 0 aliphatic carbocycles. The third-order valence-electron chi connectivity index (χ3n) is 5.24. The predicted octanol–water partition coefficient (Wildman–Crippen LogP) is 4.28. The van der Waals surface area contributed by atoms with E-state index in [1.807, 2.05) is 0 Å². The largest absolute Gasteiger partial charge is 0.487 e. The Kier molecular flexibility index (Phi) is 5.48. The number of carbonyl (C=O) groups is 1. The molecule has 1 aliphatic heterocycles. The number of hydrogen-bond acceptors (Lipinski definition) is 3. The zero-order valence-corrected chi connectivity index (χ0v) is 16.3. The van der Waals surface area contributed by atoms with Crippen LogP contribution >= 0.6 is 0 Å². The fourth-order valence-electron chi connectivity index (χ4n) is 3.58. The lowest BCUT2D eigenvalue weighted by Gasteiger charge is -2.32. The highest BCUT2D eigenvalue weighted by Crippen LogP contribution is 2.24. The summed E-state index contributed by atoms with van der Waals surface area (Å²) in [5.74, 6) is -2.02. The van der Waals surface area contributed by atoms with Gasteiger partial charge in [0.25, 0.3) is 5.91 Å². The zero-order valence-electron chi connectivity index (χ0n) is 16.3. The van der Waals surface area contributed by atoms with Crippen LogP contribution in [0.3, 0.4) is 0 Å². The van der Waals surface area contributed by atoms with Crippen LogP contribution in [0.1, 0.15) is 28.9 Å². The Morgan fingerprint density at radius 2 is 1.80 bits per heavy atom. The van der Waals surface area contributed by atoms with Gasteiger partial charge in [0.2, 0.25) is 0 Å². The van der Waals surface area contributed by atoms with E-state index in [1.54, 1.807) is 30.0 Å². The van der Waals surface area contributed by atoms with E-state index in [2.05, 4.69) is 5.10 Å². The maximum absolute atomic E-state index is 14.1. The quantitative estimate of drug-likeness (QED) is 0.639. The van der Waals surface area contributed by atoms with Crippen LogP contribution in [0.5, 0.6) is 5.75 Å². The third-order valence-corrected chi connectivity index (χ3v) is 5.24. The average Bonchev–Trinajstić information content (AvgIpc) is 3.11. The van der Waals surface area contributed by atoms with Crippen molar-refractivity contribution in [2.75, 3.05) is 13.1 Å². The van der Waals surface area contributed by atoms with Crippen molar-refractivity contribution in [3.8, 4) is 11.4 Å². The van der Waals surface area contributed by atoms with E-state index < -0.39 is 17.5 Å². The molecule has 0 unspecified atom stereocenters. The number of nitrogens with zero attached hydrogens (tertiary/aromatic N) is 3. The highest BCUT2D eigenvalue weighted by Gasteiger charge is 2.27. The summed E-state index contributed by atoms with van der Waals surface area (Å²) >= 11 is 0. The number of piperidine rings is 1. The molecule has 0 saturated carbocycles. The summed E-state index contributed by atoms with van der Waals surface area (Å²) in [7, 11) is 0. The van der Waals surface area contributed by atoms with Crippen LogP contribution in [0, 0.1) is 24.4 Å². The minimum Gasteiger partial charge on any atom is -0.487 e. The number of hydrogen-bond donors (Lipinski definition) is 0. The Morgan fingerprint density at radius 1 is 1.07 bits per heavy atom. The number of carbonyl (C=O) groups excluding carboxylic acids is 1. The summed E-state index contributed by atoms with van der Waals surface area (Å²) in [5.41, 5.74) is 1.24. The molecule has 0 N–H and O–H groups in total. The minimum atomic E-state index is -0.746. The summed E-state index contributed by atoms with van der Waals surface area (Å²) in [6.07, 6.45) is 2.21. The van der Waals surface area contributed by atoms with Gasteiger partial charge in [0.15, 0.2) is 11.6 Å². The lowest BCUT2D eigenvalue weighted by molar-refractivity contribution is 0.0587. The zero-order chi connectivity index (χ0) is 21.3. The molecule has 0 bridgehead atoms. The number of amides is 1. The molecular weight excluding hydrogens is 395 g/mol. The summed E-state index contributed by atoms with van der Waals surface area (Å²) in [6.45, 7) is 2.58. The summed E-state index contributed by atoms with van der Waals surface area (Å²) < 4.78 is 47.9. The van der Waals surface area contributed by atoms with Crippen LogP contribution in [0.25, 0.3) is 5.69 Å². The van der Waals surface area contributed by atoms with Gasteiger partial charge in [-0.25, -0.2) is 17.9 Å². The second-order valence-corrected chi connectivity index (χ2v) is 7.19. The topological polar surface area (TPSA) is 47.4 Å². The summed E-state index contributed by atoms with van der Waals surface area (Å²) in [6, 6.07) is 9.43. The maximum Gasteiger partial charge on any atom is 0.257 e. The SMILES string of the molecule is Cc1c(C(=O)N2CCC(Oc3ccc(F)cc3F)CC2)cnn1-c1ccccc1F. The number of benzene rings is 2. The molecule has 1 amide bonds. The molecule has 0 spiro atoms. The van der Waals surface area contributed by atoms with Crippen molar-refractivity contribution in [2.24, 2.45) is 0 Å². The Balaban J connectivity index is 1.42. The first-order valence-electron chi connectivity index (χ1n) is 9.64. The molecule has 4 rings (SSSR count). The second-order valence-electron chi connectivity index (χ2n) is 7.19. The van der Waals surface area contributed by atoms with E-state index in [-0.39, 0.29) is 23.4 Å². The average molecular weight is 415 g/mol. The van der Waals surface area contributed by atoms with Crippen LogP contribution in [0.15, 0.2) is 48.7 Å². The molecule has 8 heteroatoms. The van der Waals surface area contributed by atoms with Gasteiger partial charge >= 0.3 is 0 Å². The monoisotopic (exact) mass is 415 g/mol. The smallest absolute Gasteiger partial charge is 0.257 e. The first kappa shape index (κ1) is 20.0. The van der Waals surface area contributed by atoms with Crippen molar-refractivity contribution in [1.29, 1.82) is 0 Å². The minimum absolute atomic E-state index is 0.00295. The van der Waals surface area contributed by atoms with Crippen molar-refractivity contribution < 1.29 is 22.7 Å². The van der Waals surface area contributed by atoms with Crippen molar-refractivity contribution in [3.63, 3.8) is 0 Å². The van der Waals surface area contributed by atoms with Gasteiger partial charge in [-0.1, -0.05) is 12.1 Å². The van der Waals surface area contributed by atoms with Crippen LogP contribution in [-0.2, 0) is 0 Å². The lowest BCUT2D eigenvalue weighted by Crippen LogP contribution is -2.42. The van der Waals surface area contributed by atoms with E-state index in [9.17, 15) is 18.0 Å². The predicted molar refractivity (Wildman–Crippen MR) is 104 cm³/mol. The third kappa shape index (κ3) is 3.90. The van der Waals surface area contributed by atoms with Gasteiger partial charge in [0, 0.05) is 32.0 Å². The molecule has 0 radical (unpaired) electrons. The van der Waals surface area contributed by atoms with Crippen molar-refractivity contribution in [1.82, 2.24) is 14.7 Å². The van der Waals surface area contributed by atoms with Crippen LogP contribution in [-0.4, -0.2) is 39.8 Å². The number of para-hydroxylation sites is 1. The van der Waals surface area contributed by atoms with Gasteiger partial charge in [-0.15, -0.1) is 0 Å². The standard InChI is InChI=1S/C22H20F3N3O2/c1-14-17(13-26-28(14)20-5-3-2-4-18(20)24)22(29)27-10-8-16(9-11-27)30-21-7-6-15(23)12-19(21)25/h2-7,12-13,16H,8-11H2,1H3. The molecule has 2 aromatic carbocycles. The van der Waals surface area contributed by atoms with Crippen molar-refractivity contribution >= 4 is 5.91 Å². The molecule has 0 atom stereocenters. The van der Waals surface area contributed by atoms with E-state index in [0.717, 1.165) is 12.1 Å². The van der Waals surface area contributed by atoms with Gasteiger partial charge in [-0.2, -0.15) is 5.10 Å². The van der Waals surface area contributed by atoms with Crippen molar-refractivity contribution in [2.45, 2.75) is 25.9 Å². The maximum atomic E-state index is 14.1. The first-order chi connectivity index (χ1) is 14.4. The summed E-state index contributed by atoms with van der Waals surface area (Å²) in [5, 5.41) is 4.18. The Labute approximate surface area is 171 Å². The van der Waals surface area contributed by atoms with Gasteiger partial charge in [-0.3, -0.25) is 4.79 Å². The number of aromatic nitrogens is 2. The molecule has 156 valence electrons. The molecule has 1 saturated heterocycles. The molecule has 2 heterocycles. The second kappa shape index (κ2) is 8.22. The van der Waals surface area contributed by atoms with Gasteiger partial charge in [0.05, 0.1) is 17.5 Å². The normalized spacial score (nSPS) is 14.7. The molecule has 1 aromatic heterocycles. The number of halogens is 3. The molecule has 30 heavy (non-hydrogen) atoms. The van der Waals surface area contributed by atoms with Crippen LogP contribution < -0.4 is 4.74 Å².